The maximum Gasteiger partial charge on any atom is 0.493 e. The van der Waals surface area contributed by atoms with E-state index in [-0.39, 0.29) is 25.1 Å². The highest BCUT2D eigenvalue weighted by Crippen LogP contribution is 2.56. The SMILES string of the molecule is Brc1ccc(Br)c2nsnc12.CCCCCCCCC1(CCCCCCCC)c2cc(B3OCCCO3)ccc2-c2ccc(B3OCCCO3)cc21.CCCCCCCCC1(CCCCCCCC)c2cc(C)ccc2-c2ccc(-c3ccc(C)c4nsnc34)cc21. The van der Waals surface area contributed by atoms with Crippen LogP contribution in [-0.4, -0.2) is 58.2 Å². The average molecular weight is 1410 g/mol. The van der Waals surface area contributed by atoms with Gasteiger partial charge in [0.2, 0.25) is 0 Å². The number of halogens is 2. The highest BCUT2D eigenvalue weighted by atomic mass is 79.9. The molecular formula is C78H102B2Br2N4O4S2. The van der Waals surface area contributed by atoms with Crippen molar-refractivity contribution < 1.29 is 18.6 Å². The third-order valence-electron chi connectivity index (χ3n) is 20.2. The molecule has 2 aromatic heterocycles. The Balaban J connectivity index is 0.000000172. The van der Waals surface area contributed by atoms with Crippen LogP contribution in [0.15, 0.2) is 106 Å². The molecule has 0 radical (unpaired) electrons. The molecule has 8 aromatic rings. The van der Waals surface area contributed by atoms with E-state index in [9.17, 15) is 0 Å². The summed E-state index contributed by atoms with van der Waals surface area (Å²) in [5, 5.41) is 0. The van der Waals surface area contributed by atoms with Crippen LogP contribution >= 0.6 is 55.3 Å². The van der Waals surface area contributed by atoms with Gasteiger partial charge in [-0.05, 0) is 169 Å². The summed E-state index contributed by atoms with van der Waals surface area (Å²) < 4.78 is 43.9. The summed E-state index contributed by atoms with van der Waals surface area (Å²) in [4.78, 5) is 0. The molecule has 2 aliphatic heterocycles. The molecule has 2 saturated heterocycles. The molecule has 0 spiro atoms. The normalized spacial score (nSPS) is 15.2. The van der Waals surface area contributed by atoms with Gasteiger partial charge in [-0.2, -0.15) is 17.5 Å². The van der Waals surface area contributed by atoms with Crippen molar-refractivity contribution in [2.24, 2.45) is 0 Å². The highest BCUT2D eigenvalue weighted by molar-refractivity contribution is 9.11. The fourth-order valence-electron chi connectivity index (χ4n) is 15.1. The van der Waals surface area contributed by atoms with Gasteiger partial charge in [-0.1, -0.05) is 266 Å². The van der Waals surface area contributed by atoms with Gasteiger partial charge in [0.25, 0.3) is 0 Å². The van der Waals surface area contributed by atoms with Gasteiger partial charge in [0, 0.05) is 51.8 Å². The first-order valence-electron chi connectivity index (χ1n) is 35.9. The lowest BCUT2D eigenvalue weighted by molar-refractivity contribution is 0.143. The van der Waals surface area contributed by atoms with Crippen molar-refractivity contribution in [3.05, 3.63) is 139 Å². The van der Waals surface area contributed by atoms with Gasteiger partial charge in [-0.25, -0.2) is 0 Å². The van der Waals surface area contributed by atoms with Gasteiger partial charge in [-0.3, -0.25) is 0 Å². The number of nitrogens with zero attached hydrogens (tertiary/aromatic N) is 4. The zero-order chi connectivity index (χ0) is 64.1. The molecule has 12 rings (SSSR count). The Kier molecular flexibility index (Phi) is 27.5. The largest absolute Gasteiger partial charge is 0.493 e. The van der Waals surface area contributed by atoms with Gasteiger partial charge in [-0.15, -0.1) is 0 Å². The van der Waals surface area contributed by atoms with Crippen LogP contribution in [0.1, 0.15) is 254 Å². The van der Waals surface area contributed by atoms with E-state index in [0.717, 1.165) is 70.3 Å². The number of benzene rings is 6. The molecule has 0 N–H and O–H groups in total. The lowest BCUT2D eigenvalue weighted by Gasteiger charge is -2.34. The smallest absolute Gasteiger partial charge is 0.407 e. The number of unbranched alkanes of at least 4 members (excludes halogenated alkanes) is 20. The van der Waals surface area contributed by atoms with Crippen molar-refractivity contribution in [1.82, 2.24) is 17.5 Å². The van der Waals surface area contributed by atoms with E-state index in [1.54, 1.807) is 11.1 Å². The lowest BCUT2D eigenvalue weighted by Crippen LogP contribution is -2.42. The molecule has 2 fully saturated rings. The molecular weight excluding hydrogens is 1300 g/mol. The number of fused-ring (bicyclic) bond motifs is 8. The molecule has 0 amide bonds. The molecule has 0 atom stereocenters. The molecule has 4 heterocycles. The fourth-order valence-corrected chi connectivity index (χ4v) is 17.4. The Hall–Kier alpha value is -4.11. The average Bonchev–Trinajstić information content (AvgIpc) is 1.57. The van der Waals surface area contributed by atoms with Crippen molar-refractivity contribution in [2.75, 3.05) is 26.4 Å². The van der Waals surface area contributed by atoms with E-state index < -0.39 is 0 Å². The molecule has 92 heavy (non-hydrogen) atoms. The van der Waals surface area contributed by atoms with E-state index >= 15 is 0 Å². The molecule has 14 heteroatoms. The van der Waals surface area contributed by atoms with E-state index in [0.29, 0.717) is 0 Å². The number of hydrogen-bond donors (Lipinski definition) is 0. The van der Waals surface area contributed by atoms with Gasteiger partial charge >= 0.3 is 14.2 Å². The second-order valence-electron chi connectivity index (χ2n) is 26.9. The summed E-state index contributed by atoms with van der Waals surface area (Å²) in [5.41, 5.74) is 23.3. The van der Waals surface area contributed by atoms with Gasteiger partial charge in [0.1, 0.15) is 22.1 Å². The molecule has 2 aliphatic carbocycles. The Labute approximate surface area is 578 Å². The summed E-state index contributed by atoms with van der Waals surface area (Å²) >= 11 is 9.34. The van der Waals surface area contributed by atoms with Crippen LogP contribution in [0.4, 0.5) is 0 Å². The standard InChI is InChI=1S/C37H48N2S.C35H52B2O4.C6H2Br2N2S/c1-5-7-9-11-13-15-23-37(24-16-14-12-10-8-6-2)33-25-27(3)17-20-31(33)32-22-19-29(26-34(32)37)30-21-18-28(4)35-36(30)39-40-38-35;1-3-5-7-9-11-13-21-35(22-14-12-10-8-6-4-2)33-27-29(36-38-23-15-24-39-36)17-19-31(33)32-20-18-30(28-34(32)35)37-40-25-16-26-41-37;7-3-1-2-4(8)6-5(3)9-11-10-6/h17-22,25-26H,5-16,23-24H2,1-4H3;17-20,27-28H,3-16,21-26H2,1-2H3;1-2H. The zero-order valence-electron chi connectivity index (χ0n) is 56.4. The van der Waals surface area contributed by atoms with Crippen molar-refractivity contribution in [3.63, 3.8) is 0 Å². The monoisotopic (exact) mass is 1400 g/mol. The number of aryl methyl sites for hydroxylation is 2. The second-order valence-corrected chi connectivity index (χ2v) is 29.7. The van der Waals surface area contributed by atoms with Crippen LogP contribution in [0.2, 0.25) is 0 Å². The minimum atomic E-state index is -0.252. The molecule has 6 aromatic carbocycles. The maximum atomic E-state index is 6.08. The van der Waals surface area contributed by atoms with Gasteiger partial charge in [0.05, 0.1) is 23.5 Å². The van der Waals surface area contributed by atoms with Gasteiger partial charge < -0.3 is 18.6 Å². The first kappa shape index (κ1) is 70.7. The highest BCUT2D eigenvalue weighted by Gasteiger charge is 2.45. The third kappa shape index (κ3) is 17.2. The predicted octanol–water partition coefficient (Wildman–Crippen LogP) is 22.7. The minimum absolute atomic E-state index is 0.00946. The van der Waals surface area contributed by atoms with Crippen LogP contribution < -0.4 is 10.9 Å². The molecule has 0 bridgehead atoms. The van der Waals surface area contributed by atoms with Crippen LogP contribution in [0.3, 0.4) is 0 Å². The van der Waals surface area contributed by atoms with Crippen molar-refractivity contribution in [3.8, 4) is 33.4 Å². The van der Waals surface area contributed by atoms with E-state index in [4.69, 9.17) is 23.0 Å². The molecule has 8 nitrogen and oxygen atoms in total. The number of aromatic nitrogens is 4. The van der Waals surface area contributed by atoms with E-state index in [1.165, 1.54) is 270 Å². The minimum Gasteiger partial charge on any atom is -0.407 e. The number of rotatable bonds is 31. The maximum absolute atomic E-state index is 6.08. The first-order valence-corrected chi connectivity index (χ1v) is 39.0. The Morgan fingerprint density at radius 3 is 1.15 bits per heavy atom. The predicted molar refractivity (Wildman–Crippen MR) is 400 cm³/mol. The molecule has 0 saturated carbocycles. The Bertz CT molecular complexity index is 3460. The summed E-state index contributed by atoms with van der Waals surface area (Å²) in [7, 11) is -0.503. The van der Waals surface area contributed by atoms with Gasteiger partial charge in [0.15, 0.2) is 0 Å². The van der Waals surface area contributed by atoms with Crippen molar-refractivity contribution in [1.29, 1.82) is 0 Å². The lowest BCUT2D eigenvalue weighted by atomic mass is 9.67. The second kappa shape index (κ2) is 35.8. The Morgan fingerprint density at radius 2 is 0.717 bits per heavy atom. The Morgan fingerprint density at radius 1 is 0.370 bits per heavy atom. The topological polar surface area (TPSA) is 88.5 Å². The fraction of sp³-hybridized carbons (Fsp3) is 0.538. The van der Waals surface area contributed by atoms with Crippen molar-refractivity contribution >= 4 is 103 Å². The molecule has 4 aliphatic rings. The number of hydrogen-bond acceptors (Lipinski definition) is 10. The van der Waals surface area contributed by atoms with Crippen molar-refractivity contribution in [2.45, 2.75) is 245 Å². The zero-order valence-corrected chi connectivity index (χ0v) is 61.2. The summed E-state index contributed by atoms with van der Waals surface area (Å²) in [5.74, 6) is 0. The summed E-state index contributed by atoms with van der Waals surface area (Å²) in [6.07, 6.45) is 38.8. The van der Waals surface area contributed by atoms with E-state index in [1.807, 2.05) is 12.1 Å². The molecule has 490 valence electrons. The molecule has 0 unspecified atom stereocenters. The summed E-state index contributed by atoms with van der Waals surface area (Å²) in [6, 6.07) is 37.0. The van der Waals surface area contributed by atoms with Crippen LogP contribution in [0.25, 0.3) is 55.4 Å². The summed E-state index contributed by atoms with van der Waals surface area (Å²) in [6.45, 7) is 16.7. The van der Waals surface area contributed by atoms with E-state index in [2.05, 4.69) is 171 Å². The third-order valence-corrected chi connectivity index (χ3v) is 22.5. The van der Waals surface area contributed by atoms with Crippen LogP contribution in [0, 0.1) is 13.8 Å². The first-order chi connectivity index (χ1) is 45.1. The van der Waals surface area contributed by atoms with Crippen LogP contribution in [0.5, 0.6) is 0 Å². The van der Waals surface area contributed by atoms with Crippen LogP contribution in [-0.2, 0) is 29.4 Å². The quantitative estimate of drug-likeness (QED) is 0.0314.